The molecule has 0 radical (unpaired) electrons. The first kappa shape index (κ1) is 13.5. The molecule has 0 aliphatic carbocycles. The fourth-order valence-electron chi connectivity index (χ4n) is 2.29. The lowest BCUT2D eigenvalue weighted by Crippen LogP contribution is -2.43. The Hall–Kier alpha value is -1.88. The third-order valence-corrected chi connectivity index (χ3v) is 3.17. The zero-order chi connectivity index (χ0) is 14.2. The zero-order valence-corrected chi connectivity index (χ0v) is 10.9. The molecule has 1 aliphatic rings. The van der Waals surface area contributed by atoms with Crippen LogP contribution in [0.25, 0.3) is 0 Å². The number of fused-ring (bicyclic) bond motifs is 1. The second kappa shape index (κ2) is 4.66. The Balaban J connectivity index is 2.38. The lowest BCUT2D eigenvalue weighted by molar-refractivity contribution is -0.156. The number of ketones is 2. The van der Waals surface area contributed by atoms with Crippen molar-refractivity contribution in [3.8, 4) is 11.5 Å². The summed E-state index contributed by atoms with van der Waals surface area (Å²) in [6.07, 6.45) is -0.216. The van der Waals surface area contributed by atoms with Crippen LogP contribution in [0.1, 0.15) is 42.1 Å². The van der Waals surface area contributed by atoms with E-state index in [9.17, 15) is 19.8 Å². The van der Waals surface area contributed by atoms with Gasteiger partial charge in [-0.2, -0.15) is 0 Å². The van der Waals surface area contributed by atoms with Gasteiger partial charge in [0.2, 0.25) is 5.79 Å². The van der Waals surface area contributed by atoms with Crippen LogP contribution in [-0.2, 0) is 4.79 Å². The average Bonchev–Trinajstić information content (AvgIpc) is 2.25. The fraction of sp³-hybridized carbons (Fsp3) is 0.429. The normalized spacial score (nSPS) is 21.7. The Morgan fingerprint density at radius 3 is 2.79 bits per heavy atom. The van der Waals surface area contributed by atoms with Crippen LogP contribution in [0.15, 0.2) is 12.1 Å². The topological polar surface area (TPSA) is 83.8 Å². The minimum Gasteiger partial charge on any atom is -0.508 e. The molecule has 0 saturated heterocycles. The quantitative estimate of drug-likeness (QED) is 0.868. The van der Waals surface area contributed by atoms with Crippen molar-refractivity contribution in [1.82, 2.24) is 0 Å². The number of carbonyl (C=O) groups excluding carboxylic acids is 2. The number of ether oxygens (including phenoxy) is 1. The molecule has 1 atom stereocenters. The van der Waals surface area contributed by atoms with Crippen LogP contribution in [0.3, 0.4) is 0 Å². The Labute approximate surface area is 110 Å². The Kier molecular flexibility index (Phi) is 3.32. The third kappa shape index (κ3) is 2.61. The molecule has 0 saturated carbocycles. The molecule has 0 unspecified atom stereocenters. The molecule has 19 heavy (non-hydrogen) atoms. The highest BCUT2D eigenvalue weighted by atomic mass is 16.6. The van der Waals surface area contributed by atoms with E-state index in [1.54, 1.807) is 13.8 Å². The summed E-state index contributed by atoms with van der Waals surface area (Å²) >= 11 is 0. The minimum atomic E-state index is -1.81. The maximum absolute atomic E-state index is 12.1. The molecule has 1 heterocycles. The van der Waals surface area contributed by atoms with Gasteiger partial charge in [0.15, 0.2) is 5.78 Å². The molecule has 5 nitrogen and oxygen atoms in total. The molecule has 1 aromatic carbocycles. The van der Waals surface area contributed by atoms with Crippen LogP contribution < -0.4 is 4.74 Å². The predicted octanol–water partition coefficient (Wildman–Crippen LogP) is 1.72. The van der Waals surface area contributed by atoms with Gasteiger partial charge in [0, 0.05) is 12.5 Å². The van der Waals surface area contributed by atoms with Crippen molar-refractivity contribution in [2.24, 2.45) is 0 Å². The highest BCUT2D eigenvalue weighted by molar-refractivity contribution is 6.02. The van der Waals surface area contributed by atoms with Crippen molar-refractivity contribution in [3.63, 3.8) is 0 Å². The molecule has 2 N–H and O–H groups in total. The van der Waals surface area contributed by atoms with E-state index in [0.717, 1.165) is 0 Å². The van der Waals surface area contributed by atoms with Gasteiger partial charge in [0.05, 0.1) is 18.4 Å². The van der Waals surface area contributed by atoms with Gasteiger partial charge in [-0.1, -0.05) is 6.92 Å². The monoisotopic (exact) mass is 264 g/mol. The number of aromatic hydroxyl groups is 1. The van der Waals surface area contributed by atoms with Crippen LogP contribution in [0.5, 0.6) is 11.5 Å². The summed E-state index contributed by atoms with van der Waals surface area (Å²) in [6, 6.07) is 2.74. The molecule has 0 bridgehead atoms. The van der Waals surface area contributed by atoms with E-state index >= 15 is 0 Å². The standard InChI is InChI=1S/C14H16O5/c1-3-9(15)6-14(18)7-11(17)13-8(2)4-10(16)5-12(13)19-14/h4-5,16,18H,3,6-7H2,1-2H3/t14-/m0/s1. The number of phenols is 1. The van der Waals surface area contributed by atoms with E-state index in [2.05, 4.69) is 0 Å². The molecule has 5 heteroatoms. The van der Waals surface area contributed by atoms with Crippen molar-refractivity contribution in [3.05, 3.63) is 23.3 Å². The fourth-order valence-corrected chi connectivity index (χ4v) is 2.29. The number of hydrogen-bond acceptors (Lipinski definition) is 5. The summed E-state index contributed by atoms with van der Waals surface area (Å²) < 4.78 is 5.38. The number of carbonyl (C=O) groups is 2. The van der Waals surface area contributed by atoms with Crippen molar-refractivity contribution in [2.75, 3.05) is 0 Å². The van der Waals surface area contributed by atoms with Crippen LogP contribution in [0, 0.1) is 6.92 Å². The van der Waals surface area contributed by atoms with E-state index in [0.29, 0.717) is 11.1 Å². The van der Waals surface area contributed by atoms with Crippen molar-refractivity contribution in [2.45, 2.75) is 38.9 Å². The zero-order valence-electron chi connectivity index (χ0n) is 10.9. The van der Waals surface area contributed by atoms with E-state index in [1.165, 1.54) is 12.1 Å². The SMILES string of the molecule is CCC(=O)C[C@@]1(O)CC(=O)c2c(C)cc(O)cc2O1. The second-order valence-electron chi connectivity index (χ2n) is 4.85. The van der Waals surface area contributed by atoms with Crippen LogP contribution in [0.4, 0.5) is 0 Å². The van der Waals surface area contributed by atoms with Gasteiger partial charge >= 0.3 is 0 Å². The first-order valence-electron chi connectivity index (χ1n) is 6.14. The van der Waals surface area contributed by atoms with E-state index < -0.39 is 5.79 Å². The number of benzene rings is 1. The summed E-state index contributed by atoms with van der Waals surface area (Å²) in [5.74, 6) is -2.20. The molecule has 102 valence electrons. The van der Waals surface area contributed by atoms with Crippen LogP contribution >= 0.6 is 0 Å². The lowest BCUT2D eigenvalue weighted by atomic mass is 9.92. The number of rotatable bonds is 3. The van der Waals surface area contributed by atoms with Gasteiger partial charge in [0.1, 0.15) is 17.3 Å². The Bertz CT molecular complexity index is 549. The molecule has 2 rings (SSSR count). The number of Topliss-reactive ketones (excluding diaryl/α,β-unsaturated/α-hetero) is 2. The maximum atomic E-state index is 12.1. The predicted molar refractivity (Wildman–Crippen MR) is 67.3 cm³/mol. The van der Waals surface area contributed by atoms with Gasteiger partial charge < -0.3 is 14.9 Å². The largest absolute Gasteiger partial charge is 0.508 e. The summed E-state index contributed by atoms with van der Waals surface area (Å²) in [5, 5.41) is 19.7. The summed E-state index contributed by atoms with van der Waals surface area (Å²) in [6.45, 7) is 3.36. The summed E-state index contributed by atoms with van der Waals surface area (Å²) in [4.78, 5) is 23.5. The van der Waals surface area contributed by atoms with Crippen molar-refractivity contribution >= 4 is 11.6 Å². The van der Waals surface area contributed by atoms with Gasteiger partial charge in [-0.05, 0) is 18.6 Å². The van der Waals surface area contributed by atoms with Gasteiger partial charge in [-0.25, -0.2) is 0 Å². The smallest absolute Gasteiger partial charge is 0.222 e. The second-order valence-corrected chi connectivity index (χ2v) is 4.85. The number of hydrogen-bond donors (Lipinski definition) is 2. The van der Waals surface area contributed by atoms with E-state index in [-0.39, 0.29) is 42.3 Å². The van der Waals surface area contributed by atoms with Gasteiger partial charge in [0.25, 0.3) is 0 Å². The van der Waals surface area contributed by atoms with E-state index in [4.69, 9.17) is 4.74 Å². The van der Waals surface area contributed by atoms with Crippen molar-refractivity contribution < 1.29 is 24.5 Å². The van der Waals surface area contributed by atoms with Gasteiger partial charge in [-0.3, -0.25) is 9.59 Å². The van der Waals surface area contributed by atoms with Crippen molar-refractivity contribution in [1.29, 1.82) is 0 Å². The molecule has 0 amide bonds. The molecule has 1 aliphatic heterocycles. The van der Waals surface area contributed by atoms with Crippen LogP contribution in [-0.4, -0.2) is 27.6 Å². The third-order valence-electron chi connectivity index (χ3n) is 3.17. The van der Waals surface area contributed by atoms with E-state index in [1.807, 2.05) is 0 Å². The first-order valence-corrected chi connectivity index (χ1v) is 6.14. The molecule has 0 aromatic heterocycles. The number of aryl methyl sites for hydroxylation is 1. The summed E-state index contributed by atoms with van der Waals surface area (Å²) in [7, 11) is 0. The molecule has 0 spiro atoms. The van der Waals surface area contributed by atoms with Crippen LogP contribution in [0.2, 0.25) is 0 Å². The van der Waals surface area contributed by atoms with Gasteiger partial charge in [-0.15, -0.1) is 0 Å². The minimum absolute atomic E-state index is 0.0462. The molecular formula is C14H16O5. The first-order chi connectivity index (χ1) is 8.84. The Morgan fingerprint density at radius 1 is 1.47 bits per heavy atom. The molecular weight excluding hydrogens is 248 g/mol. The summed E-state index contributed by atoms with van der Waals surface area (Å²) in [5.41, 5.74) is 0.940. The molecule has 1 aromatic rings. The highest BCUT2D eigenvalue weighted by Crippen LogP contribution is 2.38. The highest BCUT2D eigenvalue weighted by Gasteiger charge is 2.41. The maximum Gasteiger partial charge on any atom is 0.222 e. The molecule has 0 fully saturated rings. The number of aliphatic hydroxyl groups is 1. The average molecular weight is 264 g/mol. The lowest BCUT2D eigenvalue weighted by Gasteiger charge is -2.33. The number of phenolic OH excluding ortho intramolecular Hbond substituents is 1. The Morgan fingerprint density at radius 2 is 2.16 bits per heavy atom.